The molecule has 2 heterocycles. The second-order valence-corrected chi connectivity index (χ2v) is 10.3. The van der Waals surface area contributed by atoms with Gasteiger partial charge in [-0.2, -0.15) is 0 Å². The largest absolute Gasteiger partial charge is 0.345 e. The van der Waals surface area contributed by atoms with Crippen LogP contribution in [0.15, 0.2) is 73.1 Å². The third kappa shape index (κ3) is 4.33. The molecule has 5 aromatic rings. The second kappa shape index (κ2) is 9.16. The highest BCUT2D eigenvalue weighted by Gasteiger charge is 2.26. The number of sulfonamides is 1. The number of anilines is 1. The predicted octanol–water partition coefficient (Wildman–Crippen LogP) is 6.04. The van der Waals surface area contributed by atoms with Crippen molar-refractivity contribution in [3.8, 4) is 11.1 Å². The van der Waals surface area contributed by atoms with Crippen molar-refractivity contribution in [3.05, 3.63) is 95.8 Å². The number of aromatic nitrogens is 2. The number of nitrogens with one attached hydrogen (secondary N) is 2. The van der Waals surface area contributed by atoms with Crippen LogP contribution in [0.3, 0.4) is 0 Å². The van der Waals surface area contributed by atoms with E-state index in [0.717, 1.165) is 34.0 Å². The van der Waals surface area contributed by atoms with Gasteiger partial charge in [-0.05, 0) is 47.0 Å². The van der Waals surface area contributed by atoms with Gasteiger partial charge in [0.1, 0.15) is 11.5 Å². The summed E-state index contributed by atoms with van der Waals surface area (Å²) in [5.41, 5.74) is 0.665. The Morgan fingerprint density at radius 3 is 2.56 bits per heavy atom. The lowest BCUT2D eigenvalue weighted by Crippen LogP contribution is -2.18. The number of nitrogens with zero attached hydrogens (tertiary/aromatic N) is 1. The van der Waals surface area contributed by atoms with Crippen molar-refractivity contribution in [2.45, 2.75) is 13.3 Å². The van der Waals surface area contributed by atoms with E-state index in [4.69, 9.17) is 0 Å². The molecule has 0 saturated carbocycles. The highest BCUT2D eigenvalue weighted by atomic mass is 32.2. The lowest BCUT2D eigenvalue weighted by Gasteiger charge is -2.11. The maximum absolute atomic E-state index is 15.2. The molecular weight excluding hydrogens is 484 g/mol. The first kappa shape index (κ1) is 23.6. The zero-order valence-corrected chi connectivity index (χ0v) is 20.0. The van der Waals surface area contributed by atoms with E-state index in [2.05, 4.69) is 14.7 Å². The number of H-pyrrole nitrogens is 1. The second-order valence-electron chi connectivity index (χ2n) is 8.42. The molecule has 0 aliphatic heterocycles. The van der Waals surface area contributed by atoms with Crippen LogP contribution < -0.4 is 4.72 Å². The maximum atomic E-state index is 15.2. The van der Waals surface area contributed by atoms with Gasteiger partial charge in [0.25, 0.3) is 0 Å². The molecule has 2 N–H and O–H groups in total. The van der Waals surface area contributed by atoms with E-state index >= 15 is 4.39 Å². The summed E-state index contributed by atoms with van der Waals surface area (Å²) < 4.78 is 56.2. The maximum Gasteiger partial charge on any atom is 0.232 e. The molecule has 0 aliphatic rings. The van der Waals surface area contributed by atoms with Crippen LogP contribution in [0, 0.1) is 11.6 Å². The highest BCUT2D eigenvalue weighted by molar-refractivity contribution is 7.92. The molecule has 2 aromatic heterocycles. The molecule has 36 heavy (non-hydrogen) atoms. The molecule has 0 radical (unpaired) electrons. The summed E-state index contributed by atoms with van der Waals surface area (Å²) in [7, 11) is -3.84. The minimum atomic E-state index is -3.84. The first-order valence-electron chi connectivity index (χ1n) is 11.3. The van der Waals surface area contributed by atoms with Gasteiger partial charge in [0.05, 0.1) is 17.0 Å². The summed E-state index contributed by atoms with van der Waals surface area (Å²) in [6, 6.07) is 17.4. The van der Waals surface area contributed by atoms with Gasteiger partial charge in [0.2, 0.25) is 15.8 Å². The van der Waals surface area contributed by atoms with Gasteiger partial charge in [-0.1, -0.05) is 43.3 Å². The van der Waals surface area contributed by atoms with E-state index in [1.54, 1.807) is 19.2 Å². The van der Waals surface area contributed by atoms with Crippen LogP contribution in [0.4, 0.5) is 14.5 Å². The third-order valence-electron chi connectivity index (χ3n) is 5.92. The quantitative estimate of drug-likeness (QED) is 0.264. The van der Waals surface area contributed by atoms with Crippen molar-refractivity contribution in [3.63, 3.8) is 0 Å². The molecule has 0 saturated heterocycles. The van der Waals surface area contributed by atoms with Gasteiger partial charge in [-0.25, -0.2) is 22.2 Å². The molecule has 0 spiro atoms. The van der Waals surface area contributed by atoms with E-state index in [1.807, 2.05) is 42.5 Å². The first-order chi connectivity index (χ1) is 17.3. The molecule has 0 amide bonds. The summed E-state index contributed by atoms with van der Waals surface area (Å²) >= 11 is 0. The van der Waals surface area contributed by atoms with E-state index < -0.39 is 38.7 Å². The number of pyridine rings is 1. The van der Waals surface area contributed by atoms with Crippen molar-refractivity contribution < 1.29 is 22.0 Å². The average Bonchev–Trinajstić information content (AvgIpc) is 3.29. The minimum Gasteiger partial charge on any atom is -0.345 e. The number of halogens is 2. The van der Waals surface area contributed by atoms with Crippen molar-refractivity contribution in [2.24, 2.45) is 0 Å². The van der Waals surface area contributed by atoms with Gasteiger partial charge < -0.3 is 4.98 Å². The number of fused-ring (bicyclic) bond motifs is 2. The normalized spacial score (nSPS) is 11.8. The van der Waals surface area contributed by atoms with Crippen LogP contribution in [0.1, 0.15) is 29.3 Å². The van der Waals surface area contributed by atoms with Crippen molar-refractivity contribution in [1.29, 1.82) is 0 Å². The van der Waals surface area contributed by atoms with Crippen molar-refractivity contribution in [1.82, 2.24) is 9.97 Å². The molecule has 9 heteroatoms. The molecule has 182 valence electrons. The fourth-order valence-corrected chi connectivity index (χ4v) is 5.31. The Morgan fingerprint density at radius 1 is 1.00 bits per heavy atom. The lowest BCUT2D eigenvalue weighted by atomic mass is 9.99. The number of rotatable bonds is 7. The Balaban J connectivity index is 1.57. The van der Waals surface area contributed by atoms with Crippen LogP contribution >= 0.6 is 0 Å². The number of carbonyl (C=O) groups excluding carboxylic acids is 1. The summed E-state index contributed by atoms with van der Waals surface area (Å²) in [6.45, 7) is 1.66. The average molecular weight is 506 g/mol. The predicted molar refractivity (Wildman–Crippen MR) is 137 cm³/mol. The molecule has 0 atom stereocenters. The van der Waals surface area contributed by atoms with E-state index in [0.29, 0.717) is 17.5 Å². The fraction of sp³-hybridized carbons (Fsp3) is 0.111. The van der Waals surface area contributed by atoms with Gasteiger partial charge in [-0.3, -0.25) is 9.52 Å². The lowest BCUT2D eigenvalue weighted by molar-refractivity contribution is 0.103. The first-order valence-corrected chi connectivity index (χ1v) is 12.9. The number of hydrogen-bond donors (Lipinski definition) is 2. The number of hydrogen-bond acceptors (Lipinski definition) is 4. The molecular formula is C27H21F2N3O3S. The Bertz CT molecular complexity index is 1750. The number of aromatic amines is 1. The van der Waals surface area contributed by atoms with Gasteiger partial charge >= 0.3 is 0 Å². The van der Waals surface area contributed by atoms with E-state index in [1.165, 1.54) is 6.20 Å². The number of benzene rings is 3. The van der Waals surface area contributed by atoms with Crippen molar-refractivity contribution in [2.75, 3.05) is 10.5 Å². The Hall–Kier alpha value is -4.11. The third-order valence-corrected chi connectivity index (χ3v) is 7.39. The molecule has 0 fully saturated rings. The zero-order valence-electron chi connectivity index (χ0n) is 19.2. The standard InChI is InChI=1S/C27H21F2N3O3S/c1-2-11-36(34,35)32-23-10-9-22(28)24(25(23)29)26(33)21-15-31-27-20(21)13-19(14-30-27)18-8-7-16-5-3-4-6-17(16)12-18/h3-10,12-15,32H,2,11H2,1H3,(H,30,31). The van der Waals surface area contributed by atoms with Crippen LogP contribution in [-0.2, 0) is 10.0 Å². The molecule has 0 aliphatic carbocycles. The fourth-order valence-electron chi connectivity index (χ4n) is 4.18. The monoisotopic (exact) mass is 505 g/mol. The Kier molecular flexibility index (Phi) is 6.01. The summed E-state index contributed by atoms with van der Waals surface area (Å²) in [4.78, 5) is 20.6. The van der Waals surface area contributed by atoms with Gasteiger partial charge in [-0.15, -0.1) is 0 Å². The smallest absolute Gasteiger partial charge is 0.232 e. The Morgan fingerprint density at radius 2 is 1.78 bits per heavy atom. The van der Waals surface area contributed by atoms with E-state index in [-0.39, 0.29) is 11.3 Å². The van der Waals surface area contributed by atoms with Crippen LogP contribution in [0.5, 0.6) is 0 Å². The molecule has 5 rings (SSSR count). The Labute approximate surface area is 206 Å². The molecule has 0 bridgehead atoms. The summed E-state index contributed by atoms with van der Waals surface area (Å²) in [5, 5.41) is 2.50. The number of carbonyl (C=O) groups is 1. The van der Waals surface area contributed by atoms with E-state index in [9.17, 15) is 17.6 Å². The van der Waals surface area contributed by atoms with Crippen LogP contribution in [0.2, 0.25) is 0 Å². The zero-order chi connectivity index (χ0) is 25.4. The SMILES string of the molecule is CCCS(=O)(=O)Nc1ccc(F)c(C(=O)c2c[nH]c3ncc(-c4ccc5ccccc5c4)cc23)c1F. The highest BCUT2D eigenvalue weighted by Crippen LogP contribution is 2.30. The molecule has 6 nitrogen and oxygen atoms in total. The van der Waals surface area contributed by atoms with Gasteiger partial charge in [0.15, 0.2) is 5.82 Å². The molecule has 0 unspecified atom stereocenters. The number of ketones is 1. The summed E-state index contributed by atoms with van der Waals surface area (Å²) in [5.74, 6) is -3.53. The van der Waals surface area contributed by atoms with Crippen LogP contribution in [0.25, 0.3) is 32.9 Å². The van der Waals surface area contributed by atoms with Crippen LogP contribution in [-0.4, -0.2) is 29.9 Å². The minimum absolute atomic E-state index is 0.0199. The molecule has 3 aromatic carbocycles. The van der Waals surface area contributed by atoms with Crippen molar-refractivity contribution >= 4 is 43.3 Å². The topological polar surface area (TPSA) is 91.9 Å². The van der Waals surface area contributed by atoms with Gasteiger partial charge in [0, 0.05) is 28.9 Å². The summed E-state index contributed by atoms with van der Waals surface area (Å²) in [6.07, 6.45) is 3.31.